The molecule has 0 radical (unpaired) electrons. The van der Waals surface area contributed by atoms with Crippen LogP contribution < -0.4 is 5.32 Å². The number of rotatable bonds is 5. The van der Waals surface area contributed by atoms with E-state index >= 15 is 0 Å². The summed E-state index contributed by atoms with van der Waals surface area (Å²) in [6.45, 7) is 6.67. The van der Waals surface area contributed by atoms with Crippen LogP contribution in [0.5, 0.6) is 0 Å². The minimum Gasteiger partial charge on any atom is -0.366 e. The summed E-state index contributed by atoms with van der Waals surface area (Å²) in [6.07, 6.45) is 5.51. The maximum Gasteiger partial charge on any atom is 0.163 e. The van der Waals surface area contributed by atoms with Gasteiger partial charge in [0.05, 0.1) is 11.4 Å². The van der Waals surface area contributed by atoms with Gasteiger partial charge in [-0.1, -0.05) is 18.2 Å². The molecule has 0 bridgehead atoms. The molecular formula is C22H22N6. The summed E-state index contributed by atoms with van der Waals surface area (Å²) < 4.78 is 1.91. The van der Waals surface area contributed by atoms with Crippen LogP contribution in [0.4, 0.5) is 5.82 Å². The monoisotopic (exact) mass is 370 g/mol. The molecule has 4 aromatic rings. The predicted molar refractivity (Wildman–Crippen MR) is 110 cm³/mol. The Kier molecular flexibility index (Phi) is 4.85. The highest BCUT2D eigenvalue weighted by Crippen LogP contribution is 2.22. The van der Waals surface area contributed by atoms with Crippen molar-refractivity contribution in [2.75, 3.05) is 5.32 Å². The van der Waals surface area contributed by atoms with Crippen LogP contribution in [0.1, 0.15) is 22.5 Å². The molecule has 0 fully saturated rings. The molecule has 1 aromatic carbocycles. The van der Waals surface area contributed by atoms with E-state index in [9.17, 15) is 0 Å². The Hall–Kier alpha value is -3.54. The van der Waals surface area contributed by atoms with Gasteiger partial charge in [0, 0.05) is 42.0 Å². The van der Waals surface area contributed by atoms with Gasteiger partial charge in [-0.2, -0.15) is 5.10 Å². The third-order valence-electron chi connectivity index (χ3n) is 4.72. The highest BCUT2D eigenvalue weighted by molar-refractivity contribution is 5.59. The molecule has 0 amide bonds. The van der Waals surface area contributed by atoms with Crippen LogP contribution in [0.2, 0.25) is 0 Å². The van der Waals surface area contributed by atoms with E-state index in [1.165, 1.54) is 0 Å². The third kappa shape index (κ3) is 3.62. The fraction of sp³-hybridized carbons (Fsp3) is 0.182. The van der Waals surface area contributed by atoms with Crippen LogP contribution in [0.3, 0.4) is 0 Å². The number of hydrogen-bond acceptors (Lipinski definition) is 5. The van der Waals surface area contributed by atoms with Gasteiger partial charge in [0.2, 0.25) is 0 Å². The van der Waals surface area contributed by atoms with Gasteiger partial charge >= 0.3 is 0 Å². The van der Waals surface area contributed by atoms with Crippen molar-refractivity contribution < 1.29 is 0 Å². The molecule has 0 saturated carbocycles. The van der Waals surface area contributed by atoms with Crippen molar-refractivity contribution in [1.29, 1.82) is 0 Å². The summed E-state index contributed by atoms with van der Waals surface area (Å²) in [5.74, 6) is 1.51. The number of aryl methyl sites for hydroxylation is 2. The molecule has 0 unspecified atom stereocenters. The highest BCUT2D eigenvalue weighted by atomic mass is 15.3. The summed E-state index contributed by atoms with van der Waals surface area (Å²) in [6, 6.07) is 14.1. The zero-order valence-electron chi connectivity index (χ0n) is 16.2. The van der Waals surface area contributed by atoms with Crippen molar-refractivity contribution in [3.8, 4) is 17.1 Å². The van der Waals surface area contributed by atoms with Gasteiger partial charge in [-0.3, -0.25) is 4.98 Å². The van der Waals surface area contributed by atoms with Crippen LogP contribution in [0, 0.1) is 20.8 Å². The molecular weight excluding hydrogens is 348 g/mol. The second-order valence-corrected chi connectivity index (χ2v) is 6.73. The number of nitrogens with one attached hydrogen (secondary N) is 1. The Balaban J connectivity index is 1.64. The van der Waals surface area contributed by atoms with Gasteiger partial charge in [0.25, 0.3) is 0 Å². The first-order valence-corrected chi connectivity index (χ1v) is 9.22. The number of pyridine rings is 1. The number of benzene rings is 1. The first-order chi connectivity index (χ1) is 13.6. The molecule has 4 rings (SSSR count). The molecule has 0 aliphatic carbocycles. The maximum atomic E-state index is 4.74. The lowest BCUT2D eigenvalue weighted by atomic mass is 10.1. The lowest BCUT2D eigenvalue weighted by Gasteiger charge is -2.14. The molecule has 0 saturated heterocycles. The van der Waals surface area contributed by atoms with Crippen LogP contribution in [-0.2, 0) is 6.54 Å². The lowest BCUT2D eigenvalue weighted by molar-refractivity contribution is 0.847. The molecule has 0 atom stereocenters. The van der Waals surface area contributed by atoms with Crippen molar-refractivity contribution in [2.24, 2.45) is 0 Å². The first kappa shape index (κ1) is 17.9. The fourth-order valence-corrected chi connectivity index (χ4v) is 3.04. The smallest absolute Gasteiger partial charge is 0.163 e. The topological polar surface area (TPSA) is 68.5 Å². The summed E-state index contributed by atoms with van der Waals surface area (Å²) in [5, 5.41) is 8.02. The Bertz CT molecular complexity index is 1100. The second kappa shape index (κ2) is 7.60. The van der Waals surface area contributed by atoms with Crippen LogP contribution in [0.25, 0.3) is 17.1 Å². The molecule has 6 heteroatoms. The maximum absolute atomic E-state index is 4.74. The molecule has 28 heavy (non-hydrogen) atoms. The van der Waals surface area contributed by atoms with Gasteiger partial charge < -0.3 is 5.32 Å². The van der Waals surface area contributed by atoms with Crippen molar-refractivity contribution in [1.82, 2.24) is 24.7 Å². The molecule has 6 nitrogen and oxygen atoms in total. The van der Waals surface area contributed by atoms with Crippen molar-refractivity contribution in [3.05, 3.63) is 83.6 Å². The number of hydrogen-bond donors (Lipinski definition) is 1. The fourth-order valence-electron chi connectivity index (χ4n) is 3.04. The van der Waals surface area contributed by atoms with Crippen molar-refractivity contribution in [2.45, 2.75) is 27.3 Å². The van der Waals surface area contributed by atoms with Gasteiger partial charge in [-0.05, 0) is 50.6 Å². The van der Waals surface area contributed by atoms with E-state index in [1.54, 1.807) is 12.4 Å². The standard InChI is InChI=1S/C22H22N6/c1-15-10-12-28(27-15)20-9-5-4-7-18(20)14-24-21-16(2)17(3)25-22(26-21)19-8-6-11-23-13-19/h4-13H,14H2,1-3H3,(H,24,25,26). The molecule has 0 aliphatic heterocycles. The Morgan fingerprint density at radius 2 is 1.82 bits per heavy atom. The molecule has 0 spiro atoms. The van der Waals surface area contributed by atoms with E-state index in [-0.39, 0.29) is 0 Å². The van der Waals surface area contributed by atoms with E-state index < -0.39 is 0 Å². The van der Waals surface area contributed by atoms with Gasteiger partial charge in [-0.25, -0.2) is 14.6 Å². The Morgan fingerprint density at radius 3 is 2.57 bits per heavy atom. The number of aromatic nitrogens is 5. The normalized spacial score (nSPS) is 10.8. The van der Waals surface area contributed by atoms with Crippen LogP contribution in [-0.4, -0.2) is 24.7 Å². The van der Waals surface area contributed by atoms with Gasteiger partial charge in [0.15, 0.2) is 5.82 Å². The molecule has 140 valence electrons. The third-order valence-corrected chi connectivity index (χ3v) is 4.72. The van der Waals surface area contributed by atoms with E-state index in [2.05, 4.69) is 32.5 Å². The predicted octanol–water partition coefficient (Wildman–Crippen LogP) is 4.26. The van der Waals surface area contributed by atoms with Crippen molar-refractivity contribution in [3.63, 3.8) is 0 Å². The molecule has 3 heterocycles. The Morgan fingerprint density at radius 1 is 0.964 bits per heavy atom. The number of anilines is 1. The number of para-hydroxylation sites is 1. The second-order valence-electron chi connectivity index (χ2n) is 6.73. The van der Waals surface area contributed by atoms with Crippen LogP contribution in [0.15, 0.2) is 61.1 Å². The minimum atomic E-state index is 0.638. The van der Waals surface area contributed by atoms with E-state index in [1.807, 2.05) is 62.0 Å². The van der Waals surface area contributed by atoms with Crippen molar-refractivity contribution >= 4 is 5.82 Å². The SMILES string of the molecule is Cc1ccn(-c2ccccc2CNc2nc(-c3cccnc3)nc(C)c2C)n1. The zero-order valence-corrected chi connectivity index (χ0v) is 16.2. The number of nitrogens with zero attached hydrogens (tertiary/aromatic N) is 5. The highest BCUT2D eigenvalue weighted by Gasteiger charge is 2.11. The van der Waals surface area contributed by atoms with Gasteiger partial charge in [-0.15, -0.1) is 0 Å². The average molecular weight is 370 g/mol. The Labute approximate surface area is 164 Å². The summed E-state index contributed by atoms with van der Waals surface area (Å²) in [4.78, 5) is 13.5. The van der Waals surface area contributed by atoms with Crippen LogP contribution >= 0.6 is 0 Å². The molecule has 0 aliphatic rings. The summed E-state index contributed by atoms with van der Waals surface area (Å²) in [7, 11) is 0. The summed E-state index contributed by atoms with van der Waals surface area (Å²) in [5.41, 5.74) is 6.09. The average Bonchev–Trinajstić information content (AvgIpc) is 3.16. The lowest BCUT2D eigenvalue weighted by Crippen LogP contribution is -2.09. The molecule has 1 N–H and O–H groups in total. The zero-order chi connectivity index (χ0) is 19.5. The molecule has 3 aromatic heterocycles. The van der Waals surface area contributed by atoms with E-state index in [0.717, 1.165) is 39.6 Å². The quantitative estimate of drug-likeness (QED) is 0.568. The van der Waals surface area contributed by atoms with E-state index in [4.69, 9.17) is 4.98 Å². The van der Waals surface area contributed by atoms with Gasteiger partial charge in [0.1, 0.15) is 5.82 Å². The largest absolute Gasteiger partial charge is 0.366 e. The summed E-state index contributed by atoms with van der Waals surface area (Å²) >= 11 is 0. The van der Waals surface area contributed by atoms with E-state index in [0.29, 0.717) is 12.4 Å². The minimum absolute atomic E-state index is 0.638. The first-order valence-electron chi connectivity index (χ1n) is 9.22.